The maximum Gasteiger partial charge on any atom is 0.166 e. The highest BCUT2D eigenvalue weighted by molar-refractivity contribution is 5.71. The molecule has 3 aromatic carbocycles. The summed E-state index contributed by atoms with van der Waals surface area (Å²) in [6.45, 7) is 4.49. The van der Waals surface area contributed by atoms with Gasteiger partial charge in [0.2, 0.25) is 0 Å². The molecular weight excluding hydrogens is 549 g/mol. The summed E-state index contributed by atoms with van der Waals surface area (Å²) in [7, 11) is 0. The molecule has 2 saturated carbocycles. The van der Waals surface area contributed by atoms with E-state index in [9.17, 15) is 4.39 Å². The van der Waals surface area contributed by atoms with Gasteiger partial charge in [0.1, 0.15) is 5.82 Å². The van der Waals surface area contributed by atoms with Gasteiger partial charge in [0.05, 0.1) is 0 Å². The molecule has 3 aromatic rings. The topological polar surface area (TPSA) is 0 Å². The average molecular weight is 603 g/mol. The summed E-state index contributed by atoms with van der Waals surface area (Å²) in [5.74, 6) is 1.41. The summed E-state index contributed by atoms with van der Waals surface area (Å²) in [6, 6.07) is 16.3. The highest BCUT2D eigenvalue weighted by Gasteiger charge is 2.31. The minimum absolute atomic E-state index is 0.206. The van der Waals surface area contributed by atoms with Gasteiger partial charge < -0.3 is 0 Å². The van der Waals surface area contributed by atoms with Crippen molar-refractivity contribution in [3.05, 3.63) is 83.2 Å². The summed E-state index contributed by atoms with van der Waals surface area (Å²) >= 11 is 0. The Balaban J connectivity index is 1.16. The third-order valence-corrected chi connectivity index (χ3v) is 11.0. The van der Waals surface area contributed by atoms with Crippen LogP contribution in [0.1, 0.15) is 134 Å². The van der Waals surface area contributed by atoms with Gasteiger partial charge in [-0.25, -0.2) is 13.2 Å². The van der Waals surface area contributed by atoms with Crippen molar-refractivity contribution < 1.29 is 13.2 Å². The first-order valence-corrected chi connectivity index (χ1v) is 17.9. The number of aryl methyl sites for hydroxylation is 1. The third-order valence-electron chi connectivity index (χ3n) is 11.0. The van der Waals surface area contributed by atoms with Crippen LogP contribution in [0.4, 0.5) is 13.2 Å². The van der Waals surface area contributed by atoms with E-state index in [4.69, 9.17) is 0 Å². The Morgan fingerprint density at radius 2 is 1.16 bits per heavy atom. The van der Waals surface area contributed by atoms with Crippen molar-refractivity contribution in [1.29, 1.82) is 0 Å². The van der Waals surface area contributed by atoms with E-state index >= 15 is 8.78 Å². The highest BCUT2D eigenvalue weighted by atomic mass is 19.2. The average Bonchev–Trinajstić information content (AvgIpc) is 3.05. The van der Waals surface area contributed by atoms with Crippen molar-refractivity contribution in [2.45, 2.75) is 129 Å². The van der Waals surface area contributed by atoms with E-state index in [1.807, 2.05) is 18.2 Å². The zero-order chi connectivity index (χ0) is 30.9. The standard InChI is InChI=1S/C41H53F3/c1-3-5-6-7-8-9-11-35-24-27-38(41(44)40(35)43)34-22-20-33(21-23-34)37-26-25-36(28-39(37)42)32-18-16-31(17-19-32)30-14-12-29(10-4-2)13-15-30/h20-32H,3-19H2,1-2H3. The molecule has 2 fully saturated rings. The molecule has 0 aromatic heterocycles. The first kappa shape index (κ1) is 32.8. The van der Waals surface area contributed by atoms with Crippen LogP contribution in [0.25, 0.3) is 22.3 Å². The summed E-state index contributed by atoms with van der Waals surface area (Å²) in [5.41, 5.74) is 3.72. The maximum atomic E-state index is 15.4. The predicted molar refractivity (Wildman–Crippen MR) is 179 cm³/mol. The van der Waals surface area contributed by atoms with Crippen LogP contribution in [0.15, 0.2) is 54.6 Å². The normalized spacial score (nSPS) is 22.3. The number of hydrogen-bond donors (Lipinski definition) is 0. The number of rotatable bonds is 13. The van der Waals surface area contributed by atoms with E-state index < -0.39 is 11.6 Å². The molecule has 44 heavy (non-hydrogen) atoms. The van der Waals surface area contributed by atoms with Crippen molar-refractivity contribution in [3.8, 4) is 22.3 Å². The Hall–Kier alpha value is -2.55. The fraction of sp³-hybridized carbons (Fsp3) is 0.561. The van der Waals surface area contributed by atoms with Gasteiger partial charge >= 0.3 is 0 Å². The number of unbranched alkanes of at least 4 members (excludes halogenated alkanes) is 5. The Labute approximate surface area is 264 Å². The number of halogens is 3. The van der Waals surface area contributed by atoms with Gasteiger partial charge in [-0.2, -0.15) is 0 Å². The summed E-state index contributed by atoms with van der Waals surface area (Å²) in [4.78, 5) is 0. The zero-order valence-electron chi connectivity index (χ0n) is 27.2. The molecule has 0 atom stereocenters. The Bertz CT molecular complexity index is 1310. The molecule has 0 nitrogen and oxygen atoms in total. The van der Waals surface area contributed by atoms with Gasteiger partial charge in [0.25, 0.3) is 0 Å². The third kappa shape index (κ3) is 8.18. The van der Waals surface area contributed by atoms with Crippen LogP contribution in [0.2, 0.25) is 0 Å². The van der Waals surface area contributed by atoms with Gasteiger partial charge in [-0.3, -0.25) is 0 Å². The van der Waals surface area contributed by atoms with Gasteiger partial charge in [-0.1, -0.05) is 120 Å². The van der Waals surface area contributed by atoms with Gasteiger partial charge in [-0.05, 0) is 103 Å². The molecule has 0 unspecified atom stereocenters. The monoisotopic (exact) mass is 602 g/mol. The van der Waals surface area contributed by atoms with Gasteiger partial charge in [-0.15, -0.1) is 0 Å². The molecule has 0 N–H and O–H groups in total. The fourth-order valence-corrected chi connectivity index (χ4v) is 8.23. The Morgan fingerprint density at radius 3 is 1.80 bits per heavy atom. The van der Waals surface area contributed by atoms with Crippen LogP contribution in [0.5, 0.6) is 0 Å². The molecule has 0 spiro atoms. The smallest absolute Gasteiger partial charge is 0.166 e. The first-order chi connectivity index (χ1) is 21.5. The summed E-state index contributed by atoms with van der Waals surface area (Å²) < 4.78 is 45.4. The van der Waals surface area contributed by atoms with E-state index in [0.717, 1.165) is 61.0 Å². The van der Waals surface area contributed by atoms with E-state index in [1.54, 1.807) is 30.3 Å². The molecule has 0 saturated heterocycles. The van der Waals surface area contributed by atoms with E-state index in [-0.39, 0.29) is 11.4 Å². The quantitative estimate of drug-likeness (QED) is 0.171. The largest absolute Gasteiger partial charge is 0.206 e. The Morgan fingerprint density at radius 1 is 0.568 bits per heavy atom. The van der Waals surface area contributed by atoms with Gasteiger partial charge in [0.15, 0.2) is 11.6 Å². The summed E-state index contributed by atoms with van der Waals surface area (Å²) in [5, 5.41) is 0. The lowest BCUT2D eigenvalue weighted by molar-refractivity contribution is 0.156. The number of benzene rings is 3. The molecule has 238 valence electrons. The van der Waals surface area contributed by atoms with Crippen LogP contribution in [0.3, 0.4) is 0 Å². The second-order valence-corrected chi connectivity index (χ2v) is 13.9. The molecule has 0 radical (unpaired) electrons. The van der Waals surface area contributed by atoms with Crippen molar-refractivity contribution in [2.75, 3.05) is 0 Å². The molecule has 5 rings (SSSR count). The predicted octanol–water partition coefficient (Wildman–Crippen LogP) is 13.2. The van der Waals surface area contributed by atoms with E-state index in [2.05, 4.69) is 19.9 Å². The molecule has 2 aliphatic carbocycles. The van der Waals surface area contributed by atoms with Crippen LogP contribution in [-0.2, 0) is 6.42 Å². The SMILES string of the molecule is CCCCCCCCc1ccc(-c2ccc(-c3ccc(C4CCC(C5CCC(CCC)CC5)CC4)cc3F)cc2)c(F)c1F. The van der Waals surface area contributed by atoms with E-state index in [0.29, 0.717) is 29.0 Å². The highest BCUT2D eigenvalue weighted by Crippen LogP contribution is 2.45. The van der Waals surface area contributed by atoms with Gasteiger partial charge in [0, 0.05) is 11.1 Å². The van der Waals surface area contributed by atoms with Crippen LogP contribution in [-0.4, -0.2) is 0 Å². The molecule has 3 heteroatoms. The van der Waals surface area contributed by atoms with Crippen molar-refractivity contribution in [1.82, 2.24) is 0 Å². The lowest BCUT2D eigenvalue weighted by atomic mass is 9.68. The molecule has 0 heterocycles. The van der Waals surface area contributed by atoms with Crippen molar-refractivity contribution in [2.24, 2.45) is 17.8 Å². The van der Waals surface area contributed by atoms with Crippen LogP contribution in [0, 0.1) is 35.2 Å². The van der Waals surface area contributed by atoms with Crippen LogP contribution >= 0.6 is 0 Å². The zero-order valence-corrected chi connectivity index (χ0v) is 27.2. The second-order valence-electron chi connectivity index (χ2n) is 13.9. The first-order valence-electron chi connectivity index (χ1n) is 17.9. The second kappa shape index (κ2) is 16.1. The van der Waals surface area contributed by atoms with Crippen molar-refractivity contribution >= 4 is 0 Å². The molecule has 0 bridgehead atoms. The fourth-order valence-electron chi connectivity index (χ4n) is 8.23. The van der Waals surface area contributed by atoms with Crippen LogP contribution < -0.4 is 0 Å². The van der Waals surface area contributed by atoms with Crippen molar-refractivity contribution in [3.63, 3.8) is 0 Å². The lowest BCUT2D eigenvalue weighted by Gasteiger charge is -2.38. The Kier molecular flexibility index (Phi) is 12.0. The summed E-state index contributed by atoms with van der Waals surface area (Å²) in [6.07, 6.45) is 20.5. The molecular formula is C41H53F3. The molecule has 2 aliphatic rings. The minimum Gasteiger partial charge on any atom is -0.206 e. The van der Waals surface area contributed by atoms with E-state index in [1.165, 1.54) is 70.6 Å². The molecule has 0 aliphatic heterocycles. The molecule has 0 amide bonds. The maximum absolute atomic E-state index is 15.4. The minimum atomic E-state index is -0.796. The number of hydrogen-bond acceptors (Lipinski definition) is 0. The lowest BCUT2D eigenvalue weighted by Crippen LogP contribution is -2.25.